The zero-order valence-corrected chi connectivity index (χ0v) is 24.3. The third-order valence-electron chi connectivity index (χ3n) is 5.41. The van der Waals surface area contributed by atoms with Crippen LogP contribution < -0.4 is 9.47 Å². The largest absolute Gasteiger partial charge is 0.493 e. The Bertz CT molecular complexity index is 1190. The Kier molecular flexibility index (Phi) is 11.2. The van der Waals surface area contributed by atoms with Crippen LogP contribution in [0.2, 0.25) is 5.02 Å². The van der Waals surface area contributed by atoms with Gasteiger partial charge >= 0.3 is 5.97 Å². The summed E-state index contributed by atoms with van der Waals surface area (Å²) in [6.07, 6.45) is 4.34. The number of rotatable bonds is 12. The number of thioether (sulfide) groups is 1. The predicted molar refractivity (Wildman–Crippen MR) is 151 cm³/mol. The smallest absolute Gasteiger partial charge is 0.305 e. The molecule has 0 aromatic heterocycles. The fraction of sp³-hybridized carbons (Fsp3) is 0.346. The lowest BCUT2D eigenvalue weighted by atomic mass is 10.1. The van der Waals surface area contributed by atoms with Crippen LogP contribution in [0.15, 0.2) is 39.7 Å². The van der Waals surface area contributed by atoms with E-state index in [9.17, 15) is 14.0 Å². The number of halogens is 3. The van der Waals surface area contributed by atoms with Crippen molar-refractivity contribution in [3.05, 3.63) is 61.7 Å². The van der Waals surface area contributed by atoms with Crippen LogP contribution in [-0.4, -0.2) is 41.4 Å². The Hall–Kier alpha value is -2.14. The van der Waals surface area contributed by atoms with E-state index in [0.29, 0.717) is 56.8 Å². The zero-order valence-electron chi connectivity index (χ0n) is 20.4. The number of carbonyl (C=O) groups excluding carboxylic acids is 2. The maximum Gasteiger partial charge on any atom is 0.305 e. The Balaban J connectivity index is 1.65. The van der Waals surface area contributed by atoms with Gasteiger partial charge in [0, 0.05) is 18.5 Å². The lowest BCUT2D eigenvalue weighted by Crippen LogP contribution is -2.29. The highest BCUT2D eigenvalue weighted by atomic mass is 79.9. The van der Waals surface area contributed by atoms with Gasteiger partial charge in [-0.15, -0.1) is 0 Å². The number of esters is 1. The number of ether oxygens (including phenoxy) is 3. The van der Waals surface area contributed by atoms with Crippen LogP contribution in [-0.2, 0) is 20.9 Å². The van der Waals surface area contributed by atoms with Crippen molar-refractivity contribution in [2.24, 2.45) is 0 Å². The molecule has 1 aliphatic heterocycles. The van der Waals surface area contributed by atoms with Gasteiger partial charge in [-0.2, -0.15) is 0 Å². The zero-order chi connectivity index (χ0) is 26.9. The molecule has 37 heavy (non-hydrogen) atoms. The van der Waals surface area contributed by atoms with Gasteiger partial charge in [-0.1, -0.05) is 48.1 Å². The van der Waals surface area contributed by atoms with Crippen LogP contribution >= 0.6 is 51.5 Å². The molecule has 2 aromatic carbocycles. The normalized spacial score (nSPS) is 14.4. The summed E-state index contributed by atoms with van der Waals surface area (Å²) in [5.41, 5.74) is 0.946. The van der Waals surface area contributed by atoms with Gasteiger partial charge in [0.15, 0.2) is 11.5 Å². The summed E-state index contributed by atoms with van der Waals surface area (Å²) in [5, 5.41) is 0.271. The monoisotopic (exact) mass is 629 g/mol. The van der Waals surface area contributed by atoms with Gasteiger partial charge in [0.25, 0.3) is 5.91 Å². The molecule has 11 heteroatoms. The van der Waals surface area contributed by atoms with Crippen LogP contribution in [0, 0.1) is 5.82 Å². The van der Waals surface area contributed by atoms with Crippen molar-refractivity contribution in [1.82, 2.24) is 4.90 Å². The molecule has 0 N–H and O–H groups in total. The van der Waals surface area contributed by atoms with Crippen molar-refractivity contribution < 1.29 is 28.2 Å². The van der Waals surface area contributed by atoms with E-state index in [1.165, 1.54) is 31.0 Å². The number of hydrogen-bond acceptors (Lipinski definition) is 7. The maximum absolute atomic E-state index is 14.1. The minimum atomic E-state index is -0.458. The van der Waals surface area contributed by atoms with Crippen LogP contribution in [0.4, 0.5) is 4.39 Å². The Labute approximate surface area is 238 Å². The average Bonchev–Trinajstić information content (AvgIpc) is 3.11. The number of carbonyl (C=O) groups is 2. The molecule has 1 aliphatic rings. The maximum atomic E-state index is 14.1. The molecule has 1 fully saturated rings. The second-order valence-electron chi connectivity index (χ2n) is 7.97. The Morgan fingerprint density at radius 1 is 1.27 bits per heavy atom. The van der Waals surface area contributed by atoms with Crippen molar-refractivity contribution >= 4 is 73.8 Å². The van der Waals surface area contributed by atoms with Gasteiger partial charge in [0.05, 0.1) is 28.1 Å². The first-order valence-corrected chi connectivity index (χ1v) is 14.0. The van der Waals surface area contributed by atoms with E-state index in [-0.39, 0.29) is 29.1 Å². The van der Waals surface area contributed by atoms with Gasteiger partial charge in [0.2, 0.25) is 0 Å². The number of amides is 1. The Morgan fingerprint density at radius 3 is 2.76 bits per heavy atom. The van der Waals surface area contributed by atoms with Gasteiger partial charge in [0.1, 0.15) is 16.7 Å². The van der Waals surface area contributed by atoms with Crippen LogP contribution in [0.5, 0.6) is 11.5 Å². The molecule has 1 heterocycles. The molecule has 6 nitrogen and oxygen atoms in total. The summed E-state index contributed by atoms with van der Waals surface area (Å²) >= 11 is 16.2. The number of unbranched alkanes of at least 4 members (excludes halogenated alkanes) is 2. The minimum absolute atomic E-state index is 0.0851. The quantitative estimate of drug-likeness (QED) is 0.107. The fourth-order valence-electron chi connectivity index (χ4n) is 3.57. The molecule has 0 atom stereocenters. The lowest BCUT2D eigenvalue weighted by Gasteiger charge is -2.15. The van der Waals surface area contributed by atoms with Crippen molar-refractivity contribution in [3.63, 3.8) is 0 Å². The lowest BCUT2D eigenvalue weighted by molar-refractivity contribution is -0.143. The summed E-state index contributed by atoms with van der Waals surface area (Å²) in [6.45, 7) is 2.56. The molecular formula is C26H26BrClFNO5S2. The first-order valence-electron chi connectivity index (χ1n) is 11.6. The standard InChI is InChI=1S/C26H26BrClFNO5S2/c1-3-34-23(31)10-5-4-6-11-30-25(32)22(37-26(30)36)14-16-12-18(27)24(21(13-16)33-2)35-15-17-19(28)8-7-9-20(17)29/h7-9,12-14H,3-6,10-11,15H2,1-2H3/b22-14+. The second-order valence-corrected chi connectivity index (χ2v) is 10.9. The number of thiocarbonyl (C=S) groups is 1. The van der Waals surface area contributed by atoms with Gasteiger partial charge < -0.3 is 14.2 Å². The molecule has 198 valence electrons. The molecule has 1 amide bonds. The van der Waals surface area contributed by atoms with Crippen molar-refractivity contribution in [2.45, 2.75) is 39.2 Å². The first kappa shape index (κ1) is 29.4. The topological polar surface area (TPSA) is 65.1 Å². The SMILES string of the molecule is CCOC(=O)CCCCCN1C(=O)/C(=C\c2cc(Br)c(OCc3c(F)cccc3Cl)c(OC)c2)SC1=S. The molecule has 0 spiro atoms. The highest BCUT2D eigenvalue weighted by Gasteiger charge is 2.31. The van der Waals surface area contributed by atoms with Gasteiger partial charge in [-0.25, -0.2) is 4.39 Å². The van der Waals surface area contributed by atoms with Crippen molar-refractivity contribution in [3.8, 4) is 11.5 Å². The number of methoxy groups -OCH3 is 1. The molecule has 3 rings (SSSR count). The average molecular weight is 631 g/mol. The molecular weight excluding hydrogens is 605 g/mol. The summed E-state index contributed by atoms with van der Waals surface area (Å²) in [4.78, 5) is 26.5. The number of hydrogen-bond donors (Lipinski definition) is 0. The fourth-order valence-corrected chi connectivity index (χ4v) is 5.67. The Morgan fingerprint density at radius 2 is 2.05 bits per heavy atom. The third kappa shape index (κ3) is 7.92. The van der Waals surface area contributed by atoms with E-state index in [1.54, 1.807) is 36.1 Å². The first-order chi connectivity index (χ1) is 17.7. The molecule has 0 saturated carbocycles. The minimum Gasteiger partial charge on any atom is -0.493 e. The van der Waals surface area contributed by atoms with E-state index in [4.69, 9.17) is 38.0 Å². The van der Waals surface area contributed by atoms with E-state index >= 15 is 0 Å². The van der Waals surface area contributed by atoms with Crippen molar-refractivity contribution in [2.75, 3.05) is 20.3 Å². The summed E-state index contributed by atoms with van der Waals surface area (Å²) in [7, 11) is 1.50. The highest BCUT2D eigenvalue weighted by Crippen LogP contribution is 2.40. The highest BCUT2D eigenvalue weighted by molar-refractivity contribution is 9.10. The molecule has 2 aromatic rings. The third-order valence-corrected chi connectivity index (χ3v) is 7.73. The molecule has 1 saturated heterocycles. The van der Waals surface area contributed by atoms with E-state index in [2.05, 4.69) is 15.9 Å². The van der Waals surface area contributed by atoms with Crippen LogP contribution in [0.3, 0.4) is 0 Å². The van der Waals surface area contributed by atoms with E-state index < -0.39 is 5.82 Å². The summed E-state index contributed by atoms with van der Waals surface area (Å²) in [6, 6.07) is 7.95. The second kappa shape index (κ2) is 14.1. The molecule has 0 bridgehead atoms. The van der Waals surface area contributed by atoms with Gasteiger partial charge in [-0.3, -0.25) is 14.5 Å². The van der Waals surface area contributed by atoms with Gasteiger partial charge in [-0.05, 0) is 71.6 Å². The van der Waals surface area contributed by atoms with Crippen molar-refractivity contribution in [1.29, 1.82) is 0 Å². The van der Waals surface area contributed by atoms with Crippen LogP contribution in [0.1, 0.15) is 43.7 Å². The molecule has 0 radical (unpaired) electrons. The van der Waals surface area contributed by atoms with E-state index in [1.807, 2.05) is 0 Å². The molecule has 0 aliphatic carbocycles. The number of benzene rings is 2. The number of nitrogens with zero attached hydrogens (tertiary/aromatic N) is 1. The van der Waals surface area contributed by atoms with E-state index in [0.717, 1.165) is 12.8 Å². The summed E-state index contributed by atoms with van der Waals surface area (Å²) in [5.74, 6) is -0.0326. The molecule has 0 unspecified atom stereocenters. The van der Waals surface area contributed by atoms with Crippen LogP contribution in [0.25, 0.3) is 6.08 Å². The predicted octanol–water partition coefficient (Wildman–Crippen LogP) is 7.15. The summed E-state index contributed by atoms with van der Waals surface area (Å²) < 4.78 is 31.4.